The van der Waals surface area contributed by atoms with Gasteiger partial charge in [-0.15, -0.1) is 0 Å². The number of ether oxygens (including phenoxy) is 1. The van der Waals surface area contributed by atoms with E-state index in [2.05, 4.69) is 31.3 Å². The number of hydrogen-bond donors (Lipinski definition) is 1. The Hall–Kier alpha value is -1.32. The Morgan fingerprint density at radius 3 is 2.56 bits per heavy atom. The zero-order chi connectivity index (χ0) is 12.6. The van der Waals surface area contributed by atoms with Crippen LogP contribution in [0, 0.1) is 5.41 Å². The van der Waals surface area contributed by atoms with Gasteiger partial charge in [0.25, 0.3) is 0 Å². The number of nitrogens with zero attached hydrogens (tertiary/aromatic N) is 1. The van der Waals surface area contributed by atoms with Gasteiger partial charge in [0.15, 0.2) is 0 Å². The van der Waals surface area contributed by atoms with E-state index >= 15 is 0 Å². The number of nitrogens with one attached hydrogen (secondary N) is 1. The second-order valence-electron chi connectivity index (χ2n) is 4.15. The number of carbonyl (C=O) groups excluding carboxylic acids is 1. The number of hydrogen-bond acceptors (Lipinski definition) is 4. The molecule has 0 aromatic heterocycles. The molecule has 0 saturated carbocycles. The summed E-state index contributed by atoms with van der Waals surface area (Å²) in [6.07, 6.45) is 3.82. The normalized spacial score (nSPS) is 12.9. The summed E-state index contributed by atoms with van der Waals surface area (Å²) >= 11 is 0. The van der Waals surface area contributed by atoms with Crippen molar-refractivity contribution >= 4 is 11.7 Å². The topological polar surface area (TPSA) is 50.7 Å². The Kier molecular flexibility index (Phi) is 6.46. The molecule has 0 aromatic carbocycles. The molecule has 0 aromatic rings. The molecule has 0 spiro atoms. The first-order chi connectivity index (χ1) is 7.44. The van der Waals surface area contributed by atoms with Crippen LogP contribution in [0.4, 0.5) is 0 Å². The van der Waals surface area contributed by atoms with Crippen LogP contribution in [0.25, 0.3) is 0 Å². The van der Waals surface area contributed by atoms with Gasteiger partial charge < -0.3 is 4.74 Å². The highest BCUT2D eigenvalue weighted by atomic mass is 16.5. The molecule has 0 saturated heterocycles. The Labute approximate surface area is 97.8 Å². The molecule has 4 heteroatoms. The molecule has 0 bridgehead atoms. The van der Waals surface area contributed by atoms with Gasteiger partial charge in [-0.05, 0) is 20.3 Å². The van der Waals surface area contributed by atoms with E-state index in [-0.39, 0.29) is 11.4 Å². The van der Waals surface area contributed by atoms with Gasteiger partial charge in [0.1, 0.15) is 0 Å². The molecule has 0 aliphatic rings. The van der Waals surface area contributed by atoms with Gasteiger partial charge in [-0.1, -0.05) is 20.8 Å². The minimum absolute atomic E-state index is 0.0742. The maximum absolute atomic E-state index is 10.9. The Bertz CT molecular complexity index is 281. The minimum atomic E-state index is -0.363. The number of carbonyl (C=O) groups is 1. The molecule has 0 atom stereocenters. The average Bonchev–Trinajstić information content (AvgIpc) is 2.24. The van der Waals surface area contributed by atoms with Crippen LogP contribution in [0.15, 0.2) is 17.4 Å². The SMILES string of the molecule is CCOC(=O)/C=C/NN=C(C)C(C)(C)CC. The lowest BCUT2D eigenvalue weighted by Gasteiger charge is -2.21. The fourth-order valence-electron chi connectivity index (χ4n) is 0.837. The number of rotatable bonds is 6. The van der Waals surface area contributed by atoms with Gasteiger partial charge in [0, 0.05) is 23.4 Å². The standard InChI is InChI=1S/C12H22N2O2/c1-6-12(4,5)10(3)14-13-9-8-11(15)16-7-2/h8-9,13H,6-7H2,1-5H3/b9-8+,14-10?. The average molecular weight is 226 g/mol. The fraction of sp³-hybridized carbons (Fsp3) is 0.667. The summed E-state index contributed by atoms with van der Waals surface area (Å²) in [7, 11) is 0. The lowest BCUT2D eigenvalue weighted by Crippen LogP contribution is -2.22. The fourth-order valence-corrected chi connectivity index (χ4v) is 0.837. The summed E-state index contributed by atoms with van der Waals surface area (Å²) in [5.74, 6) is -0.363. The van der Waals surface area contributed by atoms with Crippen LogP contribution < -0.4 is 5.43 Å². The largest absolute Gasteiger partial charge is 0.463 e. The molecule has 0 heterocycles. The van der Waals surface area contributed by atoms with Crippen LogP contribution in [0.3, 0.4) is 0 Å². The second-order valence-corrected chi connectivity index (χ2v) is 4.15. The molecule has 16 heavy (non-hydrogen) atoms. The van der Waals surface area contributed by atoms with Crippen molar-refractivity contribution in [1.29, 1.82) is 0 Å². The van der Waals surface area contributed by atoms with Crippen molar-refractivity contribution in [1.82, 2.24) is 5.43 Å². The Balaban J connectivity index is 4.14. The third-order valence-electron chi connectivity index (χ3n) is 2.68. The molecule has 92 valence electrons. The smallest absolute Gasteiger partial charge is 0.332 e. The minimum Gasteiger partial charge on any atom is -0.463 e. The first-order valence-corrected chi connectivity index (χ1v) is 5.57. The van der Waals surface area contributed by atoms with Crippen molar-refractivity contribution in [2.45, 2.75) is 41.0 Å². The van der Waals surface area contributed by atoms with Gasteiger partial charge in [-0.2, -0.15) is 5.10 Å². The van der Waals surface area contributed by atoms with Crippen molar-refractivity contribution in [2.75, 3.05) is 6.61 Å². The summed E-state index contributed by atoms with van der Waals surface area (Å²) in [5.41, 5.74) is 3.80. The third kappa shape index (κ3) is 5.53. The molecular weight excluding hydrogens is 204 g/mol. The van der Waals surface area contributed by atoms with Crippen molar-refractivity contribution in [3.8, 4) is 0 Å². The summed E-state index contributed by atoms with van der Waals surface area (Å²) < 4.78 is 4.72. The molecule has 0 fully saturated rings. The zero-order valence-corrected chi connectivity index (χ0v) is 10.8. The molecule has 0 rings (SSSR count). The van der Waals surface area contributed by atoms with Gasteiger partial charge >= 0.3 is 5.97 Å². The second kappa shape index (κ2) is 7.04. The van der Waals surface area contributed by atoms with Gasteiger partial charge in [-0.3, -0.25) is 5.43 Å². The molecule has 0 aliphatic carbocycles. The monoisotopic (exact) mass is 226 g/mol. The van der Waals surface area contributed by atoms with E-state index < -0.39 is 0 Å². The number of esters is 1. The molecule has 0 aliphatic heterocycles. The van der Waals surface area contributed by atoms with Crippen molar-refractivity contribution in [3.05, 3.63) is 12.3 Å². The third-order valence-corrected chi connectivity index (χ3v) is 2.68. The maximum Gasteiger partial charge on any atom is 0.332 e. The molecule has 0 radical (unpaired) electrons. The van der Waals surface area contributed by atoms with Crippen LogP contribution in [0.2, 0.25) is 0 Å². The molecule has 0 unspecified atom stereocenters. The summed E-state index contributed by atoms with van der Waals surface area (Å²) in [4.78, 5) is 10.9. The molecule has 1 N–H and O–H groups in total. The summed E-state index contributed by atoms with van der Waals surface area (Å²) in [6, 6.07) is 0. The highest BCUT2D eigenvalue weighted by Gasteiger charge is 2.18. The van der Waals surface area contributed by atoms with Crippen LogP contribution in [0.1, 0.15) is 41.0 Å². The van der Waals surface area contributed by atoms with Gasteiger partial charge in [-0.25, -0.2) is 4.79 Å². The summed E-state index contributed by atoms with van der Waals surface area (Å²) in [5, 5.41) is 4.17. The lowest BCUT2D eigenvalue weighted by atomic mass is 9.86. The highest BCUT2D eigenvalue weighted by molar-refractivity contribution is 5.87. The van der Waals surface area contributed by atoms with Crippen LogP contribution in [0.5, 0.6) is 0 Å². The van der Waals surface area contributed by atoms with E-state index in [0.29, 0.717) is 6.61 Å². The Morgan fingerprint density at radius 2 is 2.06 bits per heavy atom. The summed E-state index contributed by atoms with van der Waals surface area (Å²) in [6.45, 7) is 10.5. The molecule has 4 nitrogen and oxygen atoms in total. The van der Waals surface area contributed by atoms with Crippen LogP contribution >= 0.6 is 0 Å². The highest BCUT2D eigenvalue weighted by Crippen LogP contribution is 2.21. The Morgan fingerprint density at radius 1 is 1.44 bits per heavy atom. The van der Waals surface area contributed by atoms with E-state index in [1.807, 2.05) is 6.92 Å². The first-order valence-electron chi connectivity index (χ1n) is 5.57. The molecule has 0 amide bonds. The van der Waals surface area contributed by atoms with E-state index in [0.717, 1.165) is 12.1 Å². The first kappa shape index (κ1) is 14.7. The van der Waals surface area contributed by atoms with Crippen LogP contribution in [-0.2, 0) is 9.53 Å². The maximum atomic E-state index is 10.9. The predicted molar refractivity (Wildman–Crippen MR) is 66.1 cm³/mol. The van der Waals surface area contributed by atoms with Crippen molar-refractivity contribution < 1.29 is 9.53 Å². The van der Waals surface area contributed by atoms with Crippen molar-refractivity contribution in [2.24, 2.45) is 10.5 Å². The van der Waals surface area contributed by atoms with Crippen LogP contribution in [-0.4, -0.2) is 18.3 Å². The lowest BCUT2D eigenvalue weighted by molar-refractivity contribution is -0.137. The quantitative estimate of drug-likeness (QED) is 0.327. The van der Waals surface area contributed by atoms with E-state index in [4.69, 9.17) is 4.74 Å². The van der Waals surface area contributed by atoms with E-state index in [9.17, 15) is 4.79 Å². The zero-order valence-electron chi connectivity index (χ0n) is 10.8. The van der Waals surface area contributed by atoms with Crippen molar-refractivity contribution in [3.63, 3.8) is 0 Å². The van der Waals surface area contributed by atoms with E-state index in [1.165, 1.54) is 12.3 Å². The van der Waals surface area contributed by atoms with Gasteiger partial charge in [0.05, 0.1) is 6.61 Å². The number of hydrazone groups is 1. The van der Waals surface area contributed by atoms with Gasteiger partial charge in [0.2, 0.25) is 0 Å². The molecular formula is C12H22N2O2. The van der Waals surface area contributed by atoms with E-state index in [1.54, 1.807) is 6.92 Å². The predicted octanol–water partition coefficient (Wildman–Crippen LogP) is 2.46.